The van der Waals surface area contributed by atoms with Crippen molar-refractivity contribution in [3.8, 4) is 0 Å². The smallest absolute Gasteiger partial charge is 0.269 e. The first-order valence-corrected chi connectivity index (χ1v) is 9.83. The highest BCUT2D eigenvalue weighted by atomic mass is 19.1. The molecule has 1 saturated carbocycles. The molecule has 0 saturated heterocycles. The zero-order valence-corrected chi connectivity index (χ0v) is 16.8. The fraction of sp³-hybridized carbons (Fsp3) is 0.545. The van der Waals surface area contributed by atoms with Crippen LogP contribution in [0.25, 0.3) is 10.9 Å². The maximum Gasteiger partial charge on any atom is 0.269 e. The molecule has 1 heterocycles. The number of halogens is 1. The molecular formula is C22H30FN3O. The average Bonchev–Trinajstić information content (AvgIpc) is 2.57. The Morgan fingerprint density at radius 1 is 1.26 bits per heavy atom. The van der Waals surface area contributed by atoms with E-state index in [1.54, 1.807) is 0 Å². The fourth-order valence-corrected chi connectivity index (χ4v) is 3.50. The van der Waals surface area contributed by atoms with Crippen LogP contribution in [0.15, 0.2) is 18.2 Å². The number of aryl methyl sites for hydroxylation is 1. The summed E-state index contributed by atoms with van der Waals surface area (Å²) in [6.07, 6.45) is 3.67. The minimum Gasteiger partial charge on any atom is -0.382 e. The van der Waals surface area contributed by atoms with E-state index in [1.165, 1.54) is 19.3 Å². The number of benzene rings is 1. The van der Waals surface area contributed by atoms with Gasteiger partial charge in [0.1, 0.15) is 12.4 Å². The van der Waals surface area contributed by atoms with Gasteiger partial charge in [-0.25, -0.2) is 9.37 Å². The molecule has 1 aliphatic carbocycles. The highest BCUT2D eigenvalue weighted by Gasteiger charge is 2.22. The Kier molecular flexibility index (Phi) is 5.68. The van der Waals surface area contributed by atoms with E-state index in [-0.39, 0.29) is 17.9 Å². The van der Waals surface area contributed by atoms with Crippen LogP contribution >= 0.6 is 0 Å². The van der Waals surface area contributed by atoms with Gasteiger partial charge in [0.05, 0.1) is 5.52 Å². The van der Waals surface area contributed by atoms with Gasteiger partial charge in [-0.2, -0.15) is 0 Å². The van der Waals surface area contributed by atoms with E-state index in [2.05, 4.69) is 31.4 Å². The largest absolute Gasteiger partial charge is 0.382 e. The number of nitrogens with zero attached hydrogens (tertiary/aromatic N) is 1. The topological polar surface area (TPSA) is 54.0 Å². The van der Waals surface area contributed by atoms with Crippen LogP contribution in [0.1, 0.15) is 61.6 Å². The van der Waals surface area contributed by atoms with Gasteiger partial charge in [0.25, 0.3) is 5.91 Å². The van der Waals surface area contributed by atoms with Crippen molar-refractivity contribution in [1.82, 2.24) is 10.3 Å². The summed E-state index contributed by atoms with van der Waals surface area (Å²) in [5, 5.41) is 7.16. The summed E-state index contributed by atoms with van der Waals surface area (Å²) >= 11 is 0. The van der Waals surface area contributed by atoms with Crippen LogP contribution in [-0.4, -0.2) is 30.7 Å². The van der Waals surface area contributed by atoms with Gasteiger partial charge in [0, 0.05) is 24.2 Å². The second kappa shape index (κ2) is 7.83. The summed E-state index contributed by atoms with van der Waals surface area (Å²) < 4.78 is 12.6. The van der Waals surface area contributed by atoms with Gasteiger partial charge < -0.3 is 10.6 Å². The van der Waals surface area contributed by atoms with E-state index in [0.29, 0.717) is 11.6 Å². The number of pyridine rings is 1. The van der Waals surface area contributed by atoms with Crippen LogP contribution in [0.2, 0.25) is 0 Å². The lowest BCUT2D eigenvalue weighted by Crippen LogP contribution is -2.32. The van der Waals surface area contributed by atoms with Crippen LogP contribution in [0.3, 0.4) is 0 Å². The third-order valence-electron chi connectivity index (χ3n) is 5.36. The number of amides is 1. The van der Waals surface area contributed by atoms with Gasteiger partial charge in [-0.05, 0) is 60.4 Å². The van der Waals surface area contributed by atoms with Crippen molar-refractivity contribution in [1.29, 1.82) is 0 Å². The van der Waals surface area contributed by atoms with Gasteiger partial charge in [-0.1, -0.05) is 27.2 Å². The molecule has 0 bridgehead atoms. The number of carbonyl (C=O) groups excluding carboxylic acids is 1. The summed E-state index contributed by atoms with van der Waals surface area (Å²) in [6, 6.07) is 5.88. The Hall–Kier alpha value is -2.17. The van der Waals surface area contributed by atoms with Crippen molar-refractivity contribution in [3.63, 3.8) is 0 Å². The molecule has 3 rings (SSSR count). The number of alkyl halides is 1. The number of carbonyl (C=O) groups is 1. The number of hydrogen-bond acceptors (Lipinski definition) is 3. The van der Waals surface area contributed by atoms with Crippen molar-refractivity contribution >= 4 is 22.5 Å². The van der Waals surface area contributed by atoms with Crippen molar-refractivity contribution < 1.29 is 9.18 Å². The van der Waals surface area contributed by atoms with Gasteiger partial charge in [-0.3, -0.25) is 4.79 Å². The molecule has 1 aromatic heterocycles. The molecule has 146 valence electrons. The van der Waals surface area contributed by atoms with E-state index in [0.717, 1.165) is 34.3 Å². The number of anilines is 1. The quantitative estimate of drug-likeness (QED) is 0.770. The first-order chi connectivity index (χ1) is 12.8. The van der Waals surface area contributed by atoms with Gasteiger partial charge in [-0.15, -0.1) is 0 Å². The number of nitrogens with one attached hydrogen (secondary N) is 2. The highest BCUT2D eigenvalue weighted by Crippen LogP contribution is 2.34. The summed E-state index contributed by atoms with van der Waals surface area (Å²) in [7, 11) is 0. The van der Waals surface area contributed by atoms with Gasteiger partial charge in [0.2, 0.25) is 0 Å². The Balaban J connectivity index is 1.99. The maximum absolute atomic E-state index is 12.6. The molecule has 2 aromatic rings. The number of hydrogen-bond donors (Lipinski definition) is 2. The molecular weight excluding hydrogens is 341 g/mol. The lowest BCUT2D eigenvalue weighted by atomic mass is 9.84. The van der Waals surface area contributed by atoms with E-state index in [9.17, 15) is 9.18 Å². The molecule has 5 heteroatoms. The van der Waals surface area contributed by atoms with Crippen molar-refractivity contribution in [3.05, 3.63) is 35.0 Å². The normalized spacial score (nSPS) is 14.9. The summed E-state index contributed by atoms with van der Waals surface area (Å²) in [6.45, 7) is 8.97. The third kappa shape index (κ3) is 4.40. The monoisotopic (exact) mass is 371 g/mol. The third-order valence-corrected chi connectivity index (χ3v) is 5.36. The Labute approximate surface area is 160 Å². The number of aromatic nitrogens is 1. The molecule has 1 amide bonds. The van der Waals surface area contributed by atoms with Gasteiger partial charge in [0.15, 0.2) is 0 Å². The van der Waals surface area contributed by atoms with Crippen LogP contribution in [0.4, 0.5) is 10.1 Å². The lowest BCUT2D eigenvalue weighted by Gasteiger charge is -2.25. The molecule has 1 aliphatic rings. The molecule has 4 nitrogen and oxygen atoms in total. The summed E-state index contributed by atoms with van der Waals surface area (Å²) in [5.41, 5.74) is 4.11. The summed E-state index contributed by atoms with van der Waals surface area (Å²) in [4.78, 5) is 17.4. The van der Waals surface area contributed by atoms with Crippen molar-refractivity contribution in [2.45, 2.75) is 52.4 Å². The van der Waals surface area contributed by atoms with E-state index in [4.69, 9.17) is 4.98 Å². The first kappa shape index (κ1) is 19.6. The van der Waals surface area contributed by atoms with Crippen LogP contribution < -0.4 is 10.6 Å². The van der Waals surface area contributed by atoms with E-state index < -0.39 is 6.67 Å². The molecule has 0 aliphatic heterocycles. The zero-order valence-electron chi connectivity index (χ0n) is 16.8. The Morgan fingerprint density at radius 2 is 2.00 bits per heavy atom. The molecule has 0 radical (unpaired) electrons. The van der Waals surface area contributed by atoms with Gasteiger partial charge >= 0.3 is 0 Å². The second-order valence-corrected chi connectivity index (χ2v) is 8.62. The minimum atomic E-state index is -0.416. The fourth-order valence-electron chi connectivity index (χ4n) is 3.50. The Bertz CT molecular complexity index is 838. The van der Waals surface area contributed by atoms with Crippen LogP contribution in [-0.2, 0) is 5.41 Å². The van der Waals surface area contributed by atoms with E-state index in [1.807, 2.05) is 25.1 Å². The lowest BCUT2D eigenvalue weighted by molar-refractivity contribution is 0.0934. The van der Waals surface area contributed by atoms with Crippen LogP contribution in [0, 0.1) is 12.8 Å². The predicted octanol–water partition coefficient (Wildman–Crippen LogP) is 4.75. The second-order valence-electron chi connectivity index (χ2n) is 8.62. The van der Waals surface area contributed by atoms with Crippen LogP contribution in [0.5, 0.6) is 0 Å². The molecule has 0 atom stereocenters. The summed E-state index contributed by atoms with van der Waals surface area (Å²) in [5.74, 6) is 0.510. The van der Waals surface area contributed by atoms with Crippen molar-refractivity contribution in [2.75, 3.05) is 25.1 Å². The molecule has 1 aromatic carbocycles. The number of fused-ring (bicyclic) bond motifs is 1. The van der Waals surface area contributed by atoms with E-state index >= 15 is 0 Å². The maximum atomic E-state index is 12.6. The molecule has 0 unspecified atom stereocenters. The SMILES string of the molecule is Cc1cc(C(=O)NCC2CCC2)nc2c(C(C)(C)C)cc(NCCF)cc12. The van der Waals surface area contributed by atoms with Crippen molar-refractivity contribution in [2.24, 2.45) is 5.92 Å². The minimum absolute atomic E-state index is 0.105. The number of rotatable bonds is 6. The predicted molar refractivity (Wildman–Crippen MR) is 109 cm³/mol. The molecule has 0 spiro atoms. The highest BCUT2D eigenvalue weighted by molar-refractivity contribution is 5.97. The molecule has 2 N–H and O–H groups in total. The standard InChI is InChI=1S/C22H30FN3O/c1-14-10-19(21(27)25-13-15-6-5-7-15)26-20-17(14)11-16(24-9-8-23)12-18(20)22(2,3)4/h10-12,15,24H,5-9,13H2,1-4H3,(H,25,27). The average molecular weight is 372 g/mol. The first-order valence-electron chi connectivity index (χ1n) is 9.83. The Morgan fingerprint density at radius 3 is 2.59 bits per heavy atom. The molecule has 27 heavy (non-hydrogen) atoms. The molecule has 1 fully saturated rings. The zero-order chi connectivity index (χ0) is 19.6.